The number of hydrogen-bond donors (Lipinski definition) is 1. The van der Waals surface area contributed by atoms with E-state index >= 15 is 0 Å². The van der Waals surface area contributed by atoms with Gasteiger partial charge in [-0.05, 0) is 39.5 Å². The second kappa shape index (κ2) is 8.22. The lowest BCUT2D eigenvalue weighted by atomic mass is 9.51. The van der Waals surface area contributed by atoms with Crippen molar-refractivity contribution in [2.45, 2.75) is 107 Å². The fourth-order valence-corrected chi connectivity index (χ4v) is 8.58. The number of epoxide rings is 2. The maximum Gasteiger partial charge on any atom is 0.338 e. The number of aliphatic hydroxyl groups is 1. The number of fused-ring (bicyclic) bond motifs is 1. The van der Waals surface area contributed by atoms with Gasteiger partial charge in [-0.15, -0.1) is 0 Å². The molecule has 212 valence electrons. The Kier molecular flexibility index (Phi) is 5.45. The van der Waals surface area contributed by atoms with E-state index in [9.17, 15) is 19.5 Å². The molecule has 10 nitrogen and oxygen atoms in total. The molecule has 0 amide bonds. The van der Waals surface area contributed by atoms with Gasteiger partial charge >= 0.3 is 11.9 Å². The van der Waals surface area contributed by atoms with Crippen LogP contribution < -0.4 is 0 Å². The van der Waals surface area contributed by atoms with Crippen LogP contribution >= 0.6 is 0 Å². The standard InChI is InChI=1S/C29H36O10/c1-16-7-9-26-14-34-23(32)22-28(39-22)10-11-35-27(17(2)30,24(28)33)8-5-4-6-21(31)38-18-13-20(37-19(26)12-16)29(15-36-29)25(18,26)3/h4,6,12,18-20,22,24,33H,5,7-11,13-15H2,1-3H3/b6-4-/t18-,19-,20-,22?,24?,25-,26-,27+,28-,29+/m1/s1. The molecule has 7 rings (SSSR count). The molecule has 1 saturated carbocycles. The Labute approximate surface area is 226 Å². The lowest BCUT2D eigenvalue weighted by Crippen LogP contribution is -2.67. The van der Waals surface area contributed by atoms with E-state index in [-0.39, 0.29) is 50.5 Å². The molecule has 4 saturated heterocycles. The average Bonchev–Trinajstić information content (AvgIpc) is 3.81. The molecule has 5 aliphatic heterocycles. The molecule has 10 heteroatoms. The summed E-state index contributed by atoms with van der Waals surface area (Å²) in [6.45, 7) is 6.20. The van der Waals surface area contributed by atoms with E-state index in [0.29, 0.717) is 19.4 Å². The number of hydrogen-bond acceptors (Lipinski definition) is 10. The molecule has 2 aliphatic carbocycles. The monoisotopic (exact) mass is 544 g/mol. The van der Waals surface area contributed by atoms with Crippen molar-refractivity contribution >= 4 is 17.7 Å². The van der Waals surface area contributed by atoms with E-state index < -0.39 is 57.9 Å². The summed E-state index contributed by atoms with van der Waals surface area (Å²) in [6.07, 6.45) is 4.34. The Balaban J connectivity index is 1.29. The van der Waals surface area contributed by atoms with Crippen LogP contribution in [0.4, 0.5) is 0 Å². The summed E-state index contributed by atoms with van der Waals surface area (Å²) in [6, 6.07) is 0. The van der Waals surface area contributed by atoms with Crippen molar-refractivity contribution in [1.29, 1.82) is 0 Å². The van der Waals surface area contributed by atoms with Crippen molar-refractivity contribution in [1.82, 2.24) is 0 Å². The van der Waals surface area contributed by atoms with Gasteiger partial charge in [-0.2, -0.15) is 0 Å². The molecular formula is C29H36O10. The van der Waals surface area contributed by atoms with Crippen molar-refractivity contribution in [2.75, 3.05) is 19.8 Å². The molecule has 0 aromatic rings. The zero-order valence-electron chi connectivity index (χ0n) is 22.6. The number of ketones is 1. The molecule has 3 spiro atoms. The quantitative estimate of drug-likeness (QED) is 0.295. The SMILES string of the molecule is CC(=O)[C@]12CC/C=C\C(=O)O[C@@H]3C[C@H]4O[C@@H]5C=C(C)CC[C@]5(COC(=O)C5O[C@@]5(CCO1)C2O)[C@]3(C)[C@]41CO1. The maximum absolute atomic E-state index is 13.5. The molecule has 5 fully saturated rings. The molecule has 4 bridgehead atoms. The average molecular weight is 545 g/mol. The lowest BCUT2D eigenvalue weighted by Gasteiger charge is -2.58. The molecule has 1 N–H and O–H groups in total. The maximum atomic E-state index is 13.5. The van der Waals surface area contributed by atoms with Gasteiger partial charge in [-0.25, -0.2) is 9.59 Å². The third-order valence-corrected chi connectivity index (χ3v) is 11.2. The summed E-state index contributed by atoms with van der Waals surface area (Å²) in [5.74, 6) is -1.43. The van der Waals surface area contributed by atoms with E-state index in [1.54, 1.807) is 6.08 Å². The molecule has 0 radical (unpaired) electrons. The third-order valence-electron chi connectivity index (χ3n) is 11.2. The minimum atomic E-state index is -1.54. The van der Waals surface area contributed by atoms with E-state index in [1.807, 2.05) is 0 Å². The third kappa shape index (κ3) is 3.18. The van der Waals surface area contributed by atoms with Gasteiger partial charge in [-0.1, -0.05) is 24.6 Å². The van der Waals surface area contributed by atoms with Gasteiger partial charge in [0, 0.05) is 24.3 Å². The van der Waals surface area contributed by atoms with Crippen LogP contribution in [0.2, 0.25) is 0 Å². The molecule has 0 aromatic heterocycles. The fraction of sp³-hybridized carbons (Fsp3) is 0.759. The first-order valence-electron chi connectivity index (χ1n) is 14.1. The van der Waals surface area contributed by atoms with Crippen molar-refractivity contribution in [2.24, 2.45) is 10.8 Å². The van der Waals surface area contributed by atoms with Crippen LogP contribution in [0.5, 0.6) is 0 Å². The number of cyclic esters (lactones) is 1. The molecule has 5 heterocycles. The predicted octanol–water partition coefficient (Wildman–Crippen LogP) is 1.71. The highest BCUT2D eigenvalue weighted by atomic mass is 16.7. The molecule has 0 aromatic carbocycles. The Morgan fingerprint density at radius 2 is 1.90 bits per heavy atom. The van der Waals surface area contributed by atoms with Crippen LogP contribution in [0.25, 0.3) is 0 Å². The van der Waals surface area contributed by atoms with Gasteiger partial charge < -0.3 is 33.5 Å². The first-order valence-corrected chi connectivity index (χ1v) is 14.1. The van der Waals surface area contributed by atoms with E-state index in [0.717, 1.165) is 6.42 Å². The summed E-state index contributed by atoms with van der Waals surface area (Å²) in [7, 11) is 0. The van der Waals surface area contributed by atoms with Crippen LogP contribution in [0, 0.1) is 10.8 Å². The number of Topliss-reactive ketones (excluding diaryl/α,β-unsaturated/α-hetero) is 1. The largest absolute Gasteiger partial charge is 0.463 e. The van der Waals surface area contributed by atoms with E-state index in [2.05, 4.69) is 19.9 Å². The van der Waals surface area contributed by atoms with E-state index in [1.165, 1.54) is 18.6 Å². The Bertz CT molecular complexity index is 1190. The summed E-state index contributed by atoms with van der Waals surface area (Å²) in [5, 5.41) is 11.4. The highest BCUT2D eigenvalue weighted by molar-refractivity contribution is 5.88. The summed E-state index contributed by atoms with van der Waals surface area (Å²) < 4.78 is 36.7. The van der Waals surface area contributed by atoms with Gasteiger partial charge in [0.15, 0.2) is 17.5 Å². The first-order chi connectivity index (χ1) is 18.5. The Morgan fingerprint density at radius 3 is 2.64 bits per heavy atom. The summed E-state index contributed by atoms with van der Waals surface area (Å²) >= 11 is 0. The van der Waals surface area contributed by atoms with Crippen LogP contribution in [0.15, 0.2) is 23.8 Å². The number of carbonyl (C=O) groups is 3. The zero-order valence-corrected chi connectivity index (χ0v) is 22.6. The van der Waals surface area contributed by atoms with E-state index in [4.69, 9.17) is 28.4 Å². The topological polar surface area (TPSA) is 133 Å². The van der Waals surface area contributed by atoms with Crippen LogP contribution in [-0.2, 0) is 42.8 Å². The van der Waals surface area contributed by atoms with Gasteiger partial charge in [0.25, 0.3) is 0 Å². The number of rotatable bonds is 1. The number of esters is 2. The first kappa shape index (κ1) is 25.8. The Morgan fingerprint density at radius 1 is 1.10 bits per heavy atom. The Hall–Kier alpha value is -2.11. The molecule has 10 atom stereocenters. The number of aliphatic hydroxyl groups excluding tert-OH is 1. The predicted molar refractivity (Wildman–Crippen MR) is 132 cm³/mol. The van der Waals surface area contributed by atoms with Gasteiger partial charge in [-0.3, -0.25) is 4.79 Å². The number of ether oxygens (including phenoxy) is 6. The normalized spacial score (nSPS) is 53.0. The minimum absolute atomic E-state index is 0.0267. The van der Waals surface area contributed by atoms with Crippen LogP contribution in [-0.4, -0.2) is 90.0 Å². The van der Waals surface area contributed by atoms with Gasteiger partial charge in [0.2, 0.25) is 0 Å². The van der Waals surface area contributed by atoms with Crippen molar-refractivity contribution in [3.63, 3.8) is 0 Å². The fourth-order valence-electron chi connectivity index (χ4n) is 8.58. The highest BCUT2D eigenvalue weighted by Crippen LogP contribution is 2.72. The van der Waals surface area contributed by atoms with Crippen LogP contribution in [0.1, 0.15) is 59.3 Å². The van der Waals surface area contributed by atoms with Crippen LogP contribution in [0.3, 0.4) is 0 Å². The highest BCUT2D eigenvalue weighted by Gasteiger charge is 2.83. The van der Waals surface area contributed by atoms with Crippen molar-refractivity contribution < 1.29 is 47.9 Å². The smallest absolute Gasteiger partial charge is 0.338 e. The molecule has 39 heavy (non-hydrogen) atoms. The molecule has 2 unspecified atom stereocenters. The zero-order chi connectivity index (χ0) is 27.4. The second-order valence-electron chi connectivity index (χ2n) is 12.7. The lowest BCUT2D eigenvalue weighted by molar-refractivity contribution is -0.233. The summed E-state index contributed by atoms with van der Waals surface area (Å²) in [4.78, 5) is 39.4. The number of carbonyl (C=O) groups excluding carboxylic acids is 3. The van der Waals surface area contributed by atoms with Crippen molar-refractivity contribution in [3.8, 4) is 0 Å². The minimum Gasteiger partial charge on any atom is -0.463 e. The van der Waals surface area contributed by atoms with Gasteiger partial charge in [0.1, 0.15) is 30.0 Å². The molecular weight excluding hydrogens is 508 g/mol. The van der Waals surface area contributed by atoms with Crippen molar-refractivity contribution in [3.05, 3.63) is 23.8 Å². The molecule has 7 aliphatic rings. The number of allylic oxidation sites excluding steroid dienone is 2. The summed E-state index contributed by atoms with van der Waals surface area (Å²) in [5.41, 5.74) is -3.54. The second-order valence-corrected chi connectivity index (χ2v) is 12.7. The van der Waals surface area contributed by atoms with Gasteiger partial charge in [0.05, 0.1) is 30.8 Å².